The van der Waals surface area contributed by atoms with Crippen molar-refractivity contribution in [1.29, 1.82) is 0 Å². The molecule has 0 aliphatic rings. The highest BCUT2D eigenvalue weighted by Gasteiger charge is 2.13. The summed E-state index contributed by atoms with van der Waals surface area (Å²) >= 11 is 0. The van der Waals surface area contributed by atoms with Gasteiger partial charge in [-0.1, -0.05) is 39.0 Å². The maximum absolute atomic E-state index is 5.36. The van der Waals surface area contributed by atoms with Crippen molar-refractivity contribution in [1.82, 2.24) is 5.32 Å². The van der Waals surface area contributed by atoms with Crippen molar-refractivity contribution < 1.29 is 4.74 Å². The smallest absolute Gasteiger partial charge is 0.122 e. The molecule has 0 amide bonds. The van der Waals surface area contributed by atoms with E-state index in [1.807, 2.05) is 12.1 Å². The van der Waals surface area contributed by atoms with Gasteiger partial charge in [-0.25, -0.2) is 0 Å². The Morgan fingerprint density at radius 3 is 2.47 bits per heavy atom. The quantitative estimate of drug-likeness (QED) is 0.846. The first kappa shape index (κ1) is 14.0. The Hall–Kier alpha value is -1.02. The van der Waals surface area contributed by atoms with Gasteiger partial charge in [-0.05, 0) is 30.4 Å². The zero-order valence-corrected chi connectivity index (χ0v) is 11.7. The van der Waals surface area contributed by atoms with Crippen molar-refractivity contribution in [2.75, 3.05) is 13.7 Å². The molecular formula is C15H25NO. The highest BCUT2D eigenvalue weighted by atomic mass is 16.5. The normalized spacial score (nSPS) is 13.5. The number of nitrogens with one attached hydrogen (secondary N) is 1. The molecule has 0 heterocycles. The highest BCUT2D eigenvalue weighted by Crippen LogP contribution is 2.19. The van der Waals surface area contributed by atoms with E-state index >= 15 is 0 Å². The largest absolute Gasteiger partial charge is 0.496 e. The summed E-state index contributed by atoms with van der Waals surface area (Å²) in [6, 6.07) is 8.69. The Morgan fingerprint density at radius 2 is 1.88 bits per heavy atom. The van der Waals surface area contributed by atoms with Crippen LogP contribution >= 0.6 is 0 Å². The third-order valence-electron chi connectivity index (χ3n) is 2.70. The minimum absolute atomic E-state index is 0.328. The second-order valence-electron chi connectivity index (χ2n) is 5.86. The fraction of sp³-hybridized carbons (Fsp3) is 0.600. The van der Waals surface area contributed by atoms with Crippen LogP contribution in [-0.2, 0) is 6.42 Å². The van der Waals surface area contributed by atoms with Gasteiger partial charge in [0.25, 0.3) is 0 Å². The molecule has 0 aromatic heterocycles. The van der Waals surface area contributed by atoms with Gasteiger partial charge in [0, 0.05) is 12.6 Å². The van der Waals surface area contributed by atoms with Crippen LogP contribution in [0.25, 0.3) is 0 Å². The molecule has 1 atom stereocenters. The molecule has 0 fully saturated rings. The Morgan fingerprint density at radius 1 is 1.24 bits per heavy atom. The second-order valence-corrected chi connectivity index (χ2v) is 5.86. The molecule has 2 nitrogen and oxygen atoms in total. The molecule has 1 aromatic rings. The Balaban J connectivity index is 2.53. The Bertz CT molecular complexity index is 341. The van der Waals surface area contributed by atoms with Crippen molar-refractivity contribution >= 4 is 0 Å². The van der Waals surface area contributed by atoms with Crippen molar-refractivity contribution in [3.05, 3.63) is 29.8 Å². The van der Waals surface area contributed by atoms with Gasteiger partial charge >= 0.3 is 0 Å². The number of para-hydroxylation sites is 1. The Labute approximate surface area is 105 Å². The van der Waals surface area contributed by atoms with E-state index in [0.29, 0.717) is 11.5 Å². The van der Waals surface area contributed by atoms with Crippen LogP contribution in [0.4, 0.5) is 0 Å². The summed E-state index contributed by atoms with van der Waals surface area (Å²) in [6.07, 6.45) is 1.00. The van der Waals surface area contributed by atoms with Crippen molar-refractivity contribution in [2.45, 2.75) is 40.2 Å². The van der Waals surface area contributed by atoms with Crippen molar-refractivity contribution in [3.63, 3.8) is 0 Å². The lowest BCUT2D eigenvalue weighted by atomic mass is 9.96. The molecular weight excluding hydrogens is 210 g/mol. The molecule has 1 rings (SSSR count). The molecule has 1 N–H and O–H groups in total. The molecule has 2 heteroatoms. The van der Waals surface area contributed by atoms with E-state index in [1.54, 1.807) is 7.11 Å². The van der Waals surface area contributed by atoms with E-state index in [4.69, 9.17) is 4.74 Å². The second kappa shape index (κ2) is 6.06. The van der Waals surface area contributed by atoms with Gasteiger partial charge < -0.3 is 10.1 Å². The van der Waals surface area contributed by atoms with Crippen molar-refractivity contribution in [3.8, 4) is 5.75 Å². The van der Waals surface area contributed by atoms with E-state index in [1.165, 1.54) is 5.56 Å². The monoisotopic (exact) mass is 235 g/mol. The topological polar surface area (TPSA) is 21.3 Å². The average Bonchev–Trinajstić information content (AvgIpc) is 2.26. The first-order chi connectivity index (χ1) is 7.92. The predicted molar refractivity (Wildman–Crippen MR) is 73.6 cm³/mol. The minimum Gasteiger partial charge on any atom is -0.496 e. The maximum atomic E-state index is 5.36. The summed E-state index contributed by atoms with van der Waals surface area (Å²) < 4.78 is 5.36. The van der Waals surface area contributed by atoms with Gasteiger partial charge in [0.05, 0.1) is 7.11 Å². The minimum atomic E-state index is 0.328. The van der Waals surface area contributed by atoms with E-state index < -0.39 is 0 Å². The fourth-order valence-corrected chi connectivity index (χ4v) is 1.75. The molecule has 1 unspecified atom stereocenters. The molecule has 0 saturated carbocycles. The lowest BCUT2D eigenvalue weighted by Crippen LogP contribution is -2.35. The summed E-state index contributed by atoms with van der Waals surface area (Å²) in [6.45, 7) is 9.99. The highest BCUT2D eigenvalue weighted by molar-refractivity contribution is 5.33. The van der Waals surface area contributed by atoms with Crippen molar-refractivity contribution in [2.24, 2.45) is 5.41 Å². The first-order valence-electron chi connectivity index (χ1n) is 6.27. The fourth-order valence-electron chi connectivity index (χ4n) is 1.75. The number of benzene rings is 1. The summed E-state index contributed by atoms with van der Waals surface area (Å²) in [7, 11) is 1.73. The molecule has 1 aromatic carbocycles. The van der Waals surface area contributed by atoms with E-state index in [2.05, 4.69) is 45.1 Å². The lowest BCUT2D eigenvalue weighted by molar-refractivity contribution is 0.353. The lowest BCUT2D eigenvalue weighted by Gasteiger charge is -2.23. The predicted octanol–water partition coefficient (Wildman–Crippen LogP) is 3.26. The van der Waals surface area contributed by atoms with Crippen LogP contribution in [0, 0.1) is 5.41 Å². The number of rotatable bonds is 5. The van der Waals surface area contributed by atoms with Crippen LogP contribution in [0.3, 0.4) is 0 Å². The number of hydrogen-bond donors (Lipinski definition) is 1. The van der Waals surface area contributed by atoms with Crippen LogP contribution in [0.2, 0.25) is 0 Å². The van der Waals surface area contributed by atoms with Gasteiger partial charge in [-0.3, -0.25) is 0 Å². The van der Waals surface area contributed by atoms with Crippen LogP contribution in [0.15, 0.2) is 24.3 Å². The number of ether oxygens (including phenoxy) is 1. The number of methoxy groups -OCH3 is 1. The first-order valence-corrected chi connectivity index (χ1v) is 6.27. The summed E-state index contributed by atoms with van der Waals surface area (Å²) in [5.74, 6) is 0.983. The molecule has 96 valence electrons. The SMILES string of the molecule is COc1ccccc1CC(C)NCC(C)(C)C. The summed E-state index contributed by atoms with van der Waals surface area (Å²) in [4.78, 5) is 0. The molecule has 0 saturated heterocycles. The standard InChI is InChI=1S/C15H25NO/c1-12(16-11-15(2,3)4)10-13-8-6-7-9-14(13)17-5/h6-9,12,16H,10-11H2,1-5H3. The summed E-state index contributed by atoms with van der Waals surface area (Å²) in [5, 5.41) is 3.57. The van der Waals surface area contributed by atoms with E-state index in [9.17, 15) is 0 Å². The average molecular weight is 235 g/mol. The Kier molecular flexibility index (Phi) is 5.01. The van der Waals surface area contributed by atoms with E-state index in [0.717, 1.165) is 18.7 Å². The van der Waals surface area contributed by atoms with Gasteiger partial charge in [-0.15, -0.1) is 0 Å². The van der Waals surface area contributed by atoms with Crippen LogP contribution in [0.5, 0.6) is 5.75 Å². The molecule has 0 aliphatic heterocycles. The van der Waals surface area contributed by atoms with E-state index in [-0.39, 0.29) is 0 Å². The zero-order valence-electron chi connectivity index (χ0n) is 11.7. The van der Waals surface area contributed by atoms with Gasteiger partial charge in [0.2, 0.25) is 0 Å². The van der Waals surface area contributed by atoms with Crippen LogP contribution < -0.4 is 10.1 Å². The third kappa shape index (κ3) is 5.22. The zero-order chi connectivity index (χ0) is 12.9. The molecule has 0 spiro atoms. The van der Waals surface area contributed by atoms with Crippen LogP contribution in [0.1, 0.15) is 33.3 Å². The van der Waals surface area contributed by atoms with Gasteiger partial charge in [0.15, 0.2) is 0 Å². The molecule has 0 bridgehead atoms. The van der Waals surface area contributed by atoms with Gasteiger partial charge in [0.1, 0.15) is 5.75 Å². The van der Waals surface area contributed by atoms with Crippen LogP contribution in [-0.4, -0.2) is 19.7 Å². The molecule has 0 aliphatic carbocycles. The number of hydrogen-bond acceptors (Lipinski definition) is 2. The third-order valence-corrected chi connectivity index (χ3v) is 2.70. The maximum Gasteiger partial charge on any atom is 0.122 e. The van der Waals surface area contributed by atoms with Gasteiger partial charge in [-0.2, -0.15) is 0 Å². The molecule has 17 heavy (non-hydrogen) atoms. The summed E-state index contributed by atoms with van der Waals surface area (Å²) in [5.41, 5.74) is 1.60. The molecule has 0 radical (unpaired) electrons.